The molecule has 2 heterocycles. The molecule has 0 saturated carbocycles. The van der Waals surface area contributed by atoms with Crippen LogP contribution in [-0.2, 0) is 13.0 Å². The van der Waals surface area contributed by atoms with Gasteiger partial charge in [0, 0.05) is 18.9 Å². The molecule has 2 N–H and O–H groups in total. The van der Waals surface area contributed by atoms with E-state index in [9.17, 15) is 4.79 Å². The number of halogens is 1. The maximum Gasteiger partial charge on any atom is 0.287 e. The Morgan fingerprint density at radius 1 is 1.35 bits per heavy atom. The summed E-state index contributed by atoms with van der Waals surface area (Å²) in [5.41, 5.74) is 1.24. The Labute approximate surface area is 121 Å². The van der Waals surface area contributed by atoms with Crippen LogP contribution >= 0.6 is 11.6 Å². The molecule has 0 spiro atoms. The van der Waals surface area contributed by atoms with E-state index in [0.717, 1.165) is 16.7 Å². The second kappa shape index (κ2) is 7.02. The maximum absolute atomic E-state index is 11.8. The molecule has 2 aromatic rings. The fourth-order valence-corrected chi connectivity index (χ4v) is 1.95. The van der Waals surface area contributed by atoms with E-state index in [0.29, 0.717) is 12.2 Å². The number of hydrogen-bond acceptors (Lipinski definition) is 5. The fraction of sp³-hybridized carbons (Fsp3) is 0.308. The maximum atomic E-state index is 11.8. The van der Waals surface area contributed by atoms with E-state index in [1.165, 1.54) is 6.20 Å². The van der Waals surface area contributed by atoms with Crippen LogP contribution in [0.2, 0.25) is 5.02 Å². The van der Waals surface area contributed by atoms with Crippen LogP contribution in [0.3, 0.4) is 0 Å². The molecule has 2 aromatic heterocycles. The molecule has 6 nitrogen and oxygen atoms in total. The summed E-state index contributed by atoms with van der Waals surface area (Å²) in [5, 5.41) is 15.9. The quantitative estimate of drug-likeness (QED) is 0.829. The van der Waals surface area contributed by atoms with Gasteiger partial charge in [-0.25, -0.2) is 4.68 Å². The van der Waals surface area contributed by atoms with Crippen LogP contribution in [0.25, 0.3) is 0 Å². The van der Waals surface area contributed by atoms with Crippen molar-refractivity contribution >= 4 is 17.3 Å². The molecular weight excluding hydrogens is 280 g/mol. The number of nitrogens with zero attached hydrogens (tertiary/aromatic N) is 3. The Morgan fingerprint density at radius 2 is 2.10 bits per heavy atom. The van der Waals surface area contributed by atoms with Gasteiger partial charge in [-0.2, -0.15) is 5.10 Å². The van der Waals surface area contributed by atoms with E-state index in [4.69, 9.17) is 16.7 Å². The zero-order chi connectivity index (χ0) is 14.4. The van der Waals surface area contributed by atoms with Gasteiger partial charge in [-0.15, -0.1) is 0 Å². The molecule has 0 amide bonds. The average molecular weight is 295 g/mol. The Bertz CT molecular complexity index is 616. The second-order valence-corrected chi connectivity index (χ2v) is 4.53. The summed E-state index contributed by atoms with van der Waals surface area (Å²) < 4.78 is 1.14. The number of aliphatic hydroxyl groups is 1. The van der Waals surface area contributed by atoms with Gasteiger partial charge in [-0.3, -0.25) is 9.78 Å². The zero-order valence-corrected chi connectivity index (χ0v) is 11.5. The summed E-state index contributed by atoms with van der Waals surface area (Å²) >= 11 is 5.99. The predicted molar refractivity (Wildman–Crippen MR) is 77.0 cm³/mol. The Balaban J connectivity index is 2.00. The molecule has 0 aliphatic heterocycles. The predicted octanol–water partition coefficient (Wildman–Crippen LogP) is 0.939. The van der Waals surface area contributed by atoms with Gasteiger partial charge in [-0.05, 0) is 24.1 Å². The molecule has 7 heteroatoms. The third kappa shape index (κ3) is 3.55. The van der Waals surface area contributed by atoms with E-state index < -0.39 is 5.56 Å². The van der Waals surface area contributed by atoms with Crippen LogP contribution in [0.4, 0.5) is 5.69 Å². The van der Waals surface area contributed by atoms with Crippen molar-refractivity contribution in [2.24, 2.45) is 0 Å². The van der Waals surface area contributed by atoms with Crippen molar-refractivity contribution in [2.45, 2.75) is 13.0 Å². The monoisotopic (exact) mass is 294 g/mol. The standard InChI is InChI=1S/C13H15ClN4O2/c14-12-11(9-17-18(7-8-19)13(12)20)16-6-3-10-1-4-15-5-2-10/h1-2,4-5,9,16,19H,3,6-8H2. The molecule has 106 valence electrons. The topological polar surface area (TPSA) is 80.0 Å². The first-order valence-corrected chi connectivity index (χ1v) is 6.59. The normalized spacial score (nSPS) is 10.5. The van der Waals surface area contributed by atoms with Gasteiger partial charge < -0.3 is 10.4 Å². The van der Waals surface area contributed by atoms with E-state index in [2.05, 4.69) is 15.4 Å². The number of hydrogen-bond donors (Lipinski definition) is 2. The highest BCUT2D eigenvalue weighted by molar-refractivity contribution is 6.32. The third-order valence-corrected chi connectivity index (χ3v) is 3.14. The Kier molecular flexibility index (Phi) is 5.09. The number of nitrogens with one attached hydrogen (secondary N) is 1. The highest BCUT2D eigenvalue weighted by Gasteiger charge is 2.08. The number of aromatic nitrogens is 3. The summed E-state index contributed by atoms with van der Waals surface area (Å²) in [6.07, 6.45) is 5.75. The number of rotatable bonds is 6. The lowest BCUT2D eigenvalue weighted by atomic mass is 10.2. The first kappa shape index (κ1) is 14.5. The lowest BCUT2D eigenvalue weighted by Crippen LogP contribution is -2.25. The van der Waals surface area contributed by atoms with Crippen molar-refractivity contribution < 1.29 is 5.11 Å². The molecule has 0 radical (unpaired) electrons. The molecule has 0 atom stereocenters. The van der Waals surface area contributed by atoms with Crippen LogP contribution in [0.1, 0.15) is 5.56 Å². The lowest BCUT2D eigenvalue weighted by Gasteiger charge is -2.09. The highest BCUT2D eigenvalue weighted by Crippen LogP contribution is 2.15. The first-order valence-electron chi connectivity index (χ1n) is 6.21. The van der Waals surface area contributed by atoms with Gasteiger partial charge in [0.05, 0.1) is 25.0 Å². The molecule has 0 unspecified atom stereocenters. The average Bonchev–Trinajstić information content (AvgIpc) is 2.48. The molecule has 0 fully saturated rings. The first-order chi connectivity index (χ1) is 9.72. The van der Waals surface area contributed by atoms with E-state index in [1.54, 1.807) is 12.4 Å². The number of aliphatic hydroxyl groups excluding tert-OH is 1. The smallest absolute Gasteiger partial charge is 0.287 e. The van der Waals surface area contributed by atoms with Crippen molar-refractivity contribution in [1.82, 2.24) is 14.8 Å². The Morgan fingerprint density at radius 3 is 2.80 bits per heavy atom. The van der Waals surface area contributed by atoms with E-state index >= 15 is 0 Å². The van der Waals surface area contributed by atoms with E-state index in [1.807, 2.05) is 12.1 Å². The van der Waals surface area contributed by atoms with Gasteiger partial charge in [-0.1, -0.05) is 11.6 Å². The van der Waals surface area contributed by atoms with Crippen molar-refractivity contribution in [1.29, 1.82) is 0 Å². The summed E-state index contributed by atoms with van der Waals surface area (Å²) in [6, 6.07) is 3.86. The molecule has 20 heavy (non-hydrogen) atoms. The van der Waals surface area contributed by atoms with Gasteiger partial charge in [0.15, 0.2) is 0 Å². The molecular formula is C13H15ClN4O2. The van der Waals surface area contributed by atoms with Crippen LogP contribution in [0, 0.1) is 0 Å². The molecule has 0 aromatic carbocycles. The van der Waals surface area contributed by atoms with Crippen LogP contribution < -0.4 is 10.9 Å². The van der Waals surface area contributed by atoms with Gasteiger partial charge in [0.25, 0.3) is 5.56 Å². The lowest BCUT2D eigenvalue weighted by molar-refractivity contribution is 0.266. The van der Waals surface area contributed by atoms with Crippen molar-refractivity contribution in [3.63, 3.8) is 0 Å². The molecule has 0 saturated heterocycles. The summed E-state index contributed by atoms with van der Waals surface area (Å²) in [6.45, 7) is 0.614. The van der Waals surface area contributed by atoms with E-state index in [-0.39, 0.29) is 18.2 Å². The summed E-state index contributed by atoms with van der Waals surface area (Å²) in [4.78, 5) is 15.8. The molecule has 0 bridgehead atoms. The molecule has 2 rings (SSSR count). The molecule has 0 aliphatic carbocycles. The van der Waals surface area contributed by atoms with Crippen molar-refractivity contribution in [3.8, 4) is 0 Å². The SMILES string of the molecule is O=c1c(Cl)c(NCCc2ccncc2)cnn1CCO. The zero-order valence-electron chi connectivity index (χ0n) is 10.8. The second-order valence-electron chi connectivity index (χ2n) is 4.16. The minimum atomic E-state index is -0.408. The number of anilines is 1. The van der Waals surface area contributed by atoms with Crippen LogP contribution in [-0.4, -0.2) is 33.0 Å². The highest BCUT2D eigenvalue weighted by atomic mass is 35.5. The summed E-state index contributed by atoms with van der Waals surface area (Å²) in [7, 11) is 0. The minimum Gasteiger partial charge on any atom is -0.394 e. The van der Waals surface area contributed by atoms with Crippen LogP contribution in [0.15, 0.2) is 35.5 Å². The molecule has 0 aliphatic rings. The summed E-state index contributed by atoms with van der Waals surface area (Å²) in [5.74, 6) is 0. The minimum absolute atomic E-state index is 0.0863. The van der Waals surface area contributed by atoms with Gasteiger partial charge in [0.1, 0.15) is 5.02 Å². The largest absolute Gasteiger partial charge is 0.394 e. The van der Waals surface area contributed by atoms with Crippen molar-refractivity contribution in [3.05, 3.63) is 51.7 Å². The van der Waals surface area contributed by atoms with Gasteiger partial charge in [0.2, 0.25) is 0 Å². The fourth-order valence-electron chi connectivity index (χ4n) is 1.73. The van der Waals surface area contributed by atoms with Crippen molar-refractivity contribution in [2.75, 3.05) is 18.5 Å². The van der Waals surface area contributed by atoms with Crippen LogP contribution in [0.5, 0.6) is 0 Å². The Hall–Kier alpha value is -1.92. The number of pyridine rings is 1. The van der Waals surface area contributed by atoms with Gasteiger partial charge >= 0.3 is 0 Å². The third-order valence-electron chi connectivity index (χ3n) is 2.78.